The van der Waals surface area contributed by atoms with Gasteiger partial charge in [-0.05, 0) is 22.8 Å². The number of amides is 1. The van der Waals surface area contributed by atoms with Gasteiger partial charge in [0.05, 0.1) is 6.16 Å². The topological polar surface area (TPSA) is 113 Å². The summed E-state index contributed by atoms with van der Waals surface area (Å²) in [6, 6.07) is 26.6. The molecule has 7 nitrogen and oxygen atoms in total. The molecule has 0 aliphatic heterocycles. The predicted molar refractivity (Wildman–Crippen MR) is 130 cm³/mol. The molecule has 0 aliphatic rings. The van der Waals surface area contributed by atoms with Crippen LogP contribution in [-0.2, 0) is 27.1 Å². The zero-order valence-corrected chi connectivity index (χ0v) is 19.3. The maximum absolute atomic E-state index is 13.4. The molecule has 176 valence electrons. The fraction of sp³-hybridized carbons (Fsp3) is 0.154. The summed E-state index contributed by atoms with van der Waals surface area (Å²) in [5.74, 6) is -2.54. The van der Waals surface area contributed by atoms with Gasteiger partial charge in [-0.2, -0.15) is 0 Å². The lowest BCUT2D eigenvalue weighted by atomic mass is 10.1. The van der Waals surface area contributed by atoms with Crippen molar-refractivity contribution in [1.29, 1.82) is 0 Å². The number of carboxylic acid groups (broad SMARTS) is 1. The van der Waals surface area contributed by atoms with Gasteiger partial charge in [0.2, 0.25) is 7.37 Å². The predicted octanol–water partition coefficient (Wildman–Crippen LogP) is 4.92. The second kappa shape index (κ2) is 12.0. The molecule has 2 atom stereocenters. The van der Waals surface area contributed by atoms with Crippen LogP contribution in [0.3, 0.4) is 0 Å². The number of carboxylic acids is 1. The third-order valence-corrected chi connectivity index (χ3v) is 7.15. The quantitative estimate of drug-likeness (QED) is 0.281. The zero-order chi connectivity index (χ0) is 24.4. The van der Waals surface area contributed by atoms with Gasteiger partial charge in [-0.3, -0.25) is 4.57 Å². The molecule has 3 rings (SSSR count). The summed E-state index contributed by atoms with van der Waals surface area (Å²) in [5.41, 5.74) is 1.85. The van der Waals surface area contributed by atoms with E-state index in [1.807, 2.05) is 24.3 Å². The van der Waals surface area contributed by atoms with E-state index in [0.717, 1.165) is 5.56 Å². The van der Waals surface area contributed by atoms with Crippen LogP contribution in [0.15, 0.2) is 96.6 Å². The molecule has 3 N–H and O–H groups in total. The van der Waals surface area contributed by atoms with Crippen LogP contribution < -0.4 is 5.32 Å². The van der Waals surface area contributed by atoms with E-state index in [1.165, 1.54) is 6.08 Å². The fourth-order valence-corrected chi connectivity index (χ4v) is 5.05. The van der Waals surface area contributed by atoms with E-state index in [0.29, 0.717) is 11.1 Å². The van der Waals surface area contributed by atoms with E-state index in [-0.39, 0.29) is 18.6 Å². The molecule has 1 amide bonds. The number of nitrogens with one attached hydrogen (secondary N) is 1. The lowest BCUT2D eigenvalue weighted by Gasteiger charge is -2.24. The van der Waals surface area contributed by atoms with Crippen LogP contribution in [0.1, 0.15) is 16.7 Å². The van der Waals surface area contributed by atoms with Gasteiger partial charge >= 0.3 is 12.1 Å². The van der Waals surface area contributed by atoms with Gasteiger partial charge in [0, 0.05) is 12.0 Å². The summed E-state index contributed by atoms with van der Waals surface area (Å²) in [6.07, 6.45) is -0.0811. The Morgan fingerprint density at radius 1 is 0.882 bits per heavy atom. The van der Waals surface area contributed by atoms with E-state index in [1.54, 1.807) is 66.7 Å². The standard InChI is InChI=1S/C26H26NO6P/c28-25(29)23(16-20-10-4-1-5-11-20)19-34(31,32)24(17-21-12-6-2-7-13-21)27-26(30)33-18-22-14-8-3-9-15-22/h1-16,24H,17-19H2,(H,27,30)(H,28,29)(H,31,32)/b23-16-/t24-/m0/s1. The van der Waals surface area contributed by atoms with E-state index in [4.69, 9.17) is 4.74 Å². The Hall–Kier alpha value is -3.67. The van der Waals surface area contributed by atoms with Gasteiger partial charge < -0.3 is 20.1 Å². The number of benzene rings is 3. The summed E-state index contributed by atoms with van der Waals surface area (Å²) in [7, 11) is -4.23. The first-order valence-corrected chi connectivity index (χ1v) is 12.6. The Bertz CT molecular complexity index is 1170. The summed E-state index contributed by atoms with van der Waals surface area (Å²) in [5, 5.41) is 12.1. The van der Waals surface area contributed by atoms with E-state index in [2.05, 4.69) is 5.32 Å². The molecule has 0 aromatic heterocycles. The number of carbonyl (C=O) groups excluding carboxylic acids is 1. The average molecular weight is 479 g/mol. The highest BCUT2D eigenvalue weighted by molar-refractivity contribution is 7.59. The van der Waals surface area contributed by atoms with E-state index < -0.39 is 31.4 Å². The zero-order valence-electron chi connectivity index (χ0n) is 18.4. The molecule has 0 heterocycles. The summed E-state index contributed by atoms with van der Waals surface area (Å²) >= 11 is 0. The van der Waals surface area contributed by atoms with Crippen LogP contribution in [0.2, 0.25) is 0 Å². The molecule has 34 heavy (non-hydrogen) atoms. The Kier molecular flexibility index (Phi) is 8.79. The average Bonchev–Trinajstić information content (AvgIpc) is 2.84. The van der Waals surface area contributed by atoms with Crippen molar-refractivity contribution in [2.45, 2.75) is 18.8 Å². The molecule has 8 heteroatoms. The van der Waals surface area contributed by atoms with Crippen molar-refractivity contribution < 1.29 is 28.9 Å². The Morgan fingerprint density at radius 3 is 1.97 bits per heavy atom. The van der Waals surface area contributed by atoms with Crippen LogP contribution in [0.25, 0.3) is 6.08 Å². The van der Waals surface area contributed by atoms with Crippen molar-refractivity contribution in [3.63, 3.8) is 0 Å². The maximum atomic E-state index is 13.4. The van der Waals surface area contributed by atoms with Crippen molar-refractivity contribution >= 4 is 25.5 Å². The van der Waals surface area contributed by atoms with E-state index >= 15 is 0 Å². The number of aliphatic carboxylic acids is 1. The summed E-state index contributed by atoms with van der Waals surface area (Å²) < 4.78 is 18.6. The van der Waals surface area contributed by atoms with Crippen LogP contribution in [0.5, 0.6) is 0 Å². The second-order valence-corrected chi connectivity index (χ2v) is 10.2. The Balaban J connectivity index is 1.79. The van der Waals surface area contributed by atoms with Crippen molar-refractivity contribution in [2.75, 3.05) is 6.16 Å². The number of hydrogen-bond donors (Lipinski definition) is 3. The van der Waals surface area contributed by atoms with Crippen LogP contribution >= 0.6 is 7.37 Å². The van der Waals surface area contributed by atoms with Gasteiger partial charge in [-0.1, -0.05) is 91.0 Å². The summed E-state index contributed by atoms with van der Waals surface area (Å²) in [4.78, 5) is 35.3. The third kappa shape index (κ3) is 7.73. The lowest BCUT2D eigenvalue weighted by Crippen LogP contribution is -2.37. The third-order valence-electron chi connectivity index (χ3n) is 5.07. The molecule has 0 spiro atoms. The molecule has 0 bridgehead atoms. The molecule has 0 saturated heterocycles. The number of carbonyl (C=O) groups is 2. The lowest BCUT2D eigenvalue weighted by molar-refractivity contribution is -0.132. The number of rotatable bonds is 10. The Labute approximate surface area is 198 Å². The highest BCUT2D eigenvalue weighted by atomic mass is 31.2. The van der Waals surface area contributed by atoms with E-state index in [9.17, 15) is 24.2 Å². The smallest absolute Gasteiger partial charge is 0.408 e. The van der Waals surface area contributed by atoms with Crippen molar-refractivity contribution in [2.24, 2.45) is 0 Å². The minimum absolute atomic E-state index is 0.00521. The highest BCUT2D eigenvalue weighted by Gasteiger charge is 2.35. The van der Waals surface area contributed by atoms with Crippen LogP contribution in [0.4, 0.5) is 4.79 Å². The first-order valence-electron chi connectivity index (χ1n) is 10.6. The molecular formula is C26H26NO6P. The van der Waals surface area contributed by atoms with Crippen molar-refractivity contribution in [3.8, 4) is 0 Å². The van der Waals surface area contributed by atoms with Gasteiger partial charge in [0.1, 0.15) is 12.4 Å². The minimum atomic E-state index is -4.23. The molecule has 1 unspecified atom stereocenters. The van der Waals surface area contributed by atoms with Gasteiger partial charge in [-0.15, -0.1) is 0 Å². The Morgan fingerprint density at radius 2 is 1.41 bits per heavy atom. The highest BCUT2D eigenvalue weighted by Crippen LogP contribution is 2.48. The molecule has 0 fully saturated rings. The molecule has 0 saturated carbocycles. The first kappa shape index (κ1) is 25.0. The number of alkyl carbamates (subject to hydrolysis) is 1. The van der Waals surface area contributed by atoms with Crippen LogP contribution in [0, 0.1) is 0 Å². The molecule has 3 aromatic carbocycles. The number of ether oxygens (including phenoxy) is 1. The first-order chi connectivity index (χ1) is 16.3. The summed E-state index contributed by atoms with van der Waals surface area (Å²) in [6.45, 7) is -0.00521. The minimum Gasteiger partial charge on any atom is -0.478 e. The maximum Gasteiger partial charge on any atom is 0.408 e. The van der Waals surface area contributed by atoms with Gasteiger partial charge in [-0.25, -0.2) is 9.59 Å². The normalized spacial score (nSPS) is 14.0. The largest absolute Gasteiger partial charge is 0.478 e. The molecule has 0 radical (unpaired) electrons. The van der Waals surface area contributed by atoms with Gasteiger partial charge in [0.15, 0.2) is 0 Å². The van der Waals surface area contributed by atoms with Crippen molar-refractivity contribution in [3.05, 3.63) is 113 Å². The second-order valence-electron chi connectivity index (χ2n) is 7.71. The number of hydrogen-bond acceptors (Lipinski definition) is 4. The van der Waals surface area contributed by atoms with Crippen molar-refractivity contribution in [1.82, 2.24) is 5.32 Å². The van der Waals surface area contributed by atoms with Crippen LogP contribution in [-0.4, -0.2) is 34.0 Å². The molecule has 0 aliphatic carbocycles. The SMILES string of the molecule is O=C(N[C@H](Cc1ccccc1)P(=O)(O)C/C(=C/c1ccccc1)C(=O)O)OCc1ccccc1. The molecule has 3 aromatic rings. The molecular weight excluding hydrogens is 453 g/mol. The van der Waals surface area contributed by atoms with Gasteiger partial charge in [0.25, 0.3) is 0 Å². The monoisotopic (exact) mass is 479 g/mol. The fourth-order valence-electron chi connectivity index (χ4n) is 3.31.